The molecule has 0 N–H and O–H groups in total. The van der Waals surface area contributed by atoms with Crippen LogP contribution in [-0.4, -0.2) is 23.1 Å². The molecule has 0 saturated carbocycles. The van der Waals surface area contributed by atoms with Crippen molar-refractivity contribution in [3.05, 3.63) is 107 Å². The number of amides is 1. The minimum absolute atomic E-state index is 0.0861. The van der Waals surface area contributed by atoms with Crippen LogP contribution in [0.1, 0.15) is 39.1 Å². The van der Waals surface area contributed by atoms with Gasteiger partial charge in [0, 0.05) is 12.3 Å². The second kappa shape index (κ2) is 8.24. The summed E-state index contributed by atoms with van der Waals surface area (Å²) in [5.74, 6) is 0.891. The molecule has 4 rings (SSSR count). The third-order valence-electron chi connectivity index (χ3n) is 5.38. The third kappa shape index (κ3) is 3.72. The normalized spacial score (nSPS) is 16.5. The molecule has 1 fully saturated rings. The molecule has 1 aliphatic rings. The average molecular weight is 388 g/mol. The number of hydrogen-bond acceptors (Lipinski definition) is 2. The van der Waals surface area contributed by atoms with Crippen molar-refractivity contribution < 1.29 is 4.79 Å². The van der Waals surface area contributed by atoms with Crippen molar-refractivity contribution in [1.82, 2.24) is 4.90 Å². The highest BCUT2D eigenvalue weighted by atomic mass is 32.2. The van der Waals surface area contributed by atoms with Crippen molar-refractivity contribution in [2.45, 2.75) is 25.1 Å². The number of rotatable bonds is 4. The lowest BCUT2D eigenvalue weighted by Gasteiger charge is -2.30. The van der Waals surface area contributed by atoms with Crippen LogP contribution in [-0.2, 0) is 4.79 Å². The highest BCUT2D eigenvalue weighted by molar-refractivity contribution is 7.99. The number of carbonyl (C=O) groups is 1. The van der Waals surface area contributed by atoms with E-state index in [1.54, 1.807) is 0 Å². The summed E-state index contributed by atoms with van der Waals surface area (Å²) >= 11 is 1.86. The summed E-state index contributed by atoms with van der Waals surface area (Å²) < 4.78 is 0. The molecule has 3 heteroatoms. The van der Waals surface area contributed by atoms with Gasteiger partial charge >= 0.3 is 0 Å². The Bertz CT molecular complexity index is 915. The zero-order valence-electron chi connectivity index (χ0n) is 16.3. The maximum atomic E-state index is 13.8. The number of nitrogens with zero attached hydrogens (tertiary/aromatic N) is 1. The van der Waals surface area contributed by atoms with Crippen molar-refractivity contribution in [2.24, 2.45) is 0 Å². The summed E-state index contributed by atoms with van der Waals surface area (Å²) in [6, 6.07) is 26.8. The zero-order chi connectivity index (χ0) is 19.5. The van der Waals surface area contributed by atoms with Crippen LogP contribution in [0.5, 0.6) is 0 Å². The molecular weight excluding hydrogens is 362 g/mol. The molecular formula is C25H25NOS. The van der Waals surface area contributed by atoms with Gasteiger partial charge in [-0.25, -0.2) is 0 Å². The molecule has 1 atom stereocenters. The van der Waals surface area contributed by atoms with Crippen molar-refractivity contribution in [3.63, 3.8) is 0 Å². The largest absolute Gasteiger partial charge is 0.325 e. The predicted octanol–water partition coefficient (Wildman–Crippen LogP) is 5.71. The van der Waals surface area contributed by atoms with E-state index in [1.165, 1.54) is 16.7 Å². The van der Waals surface area contributed by atoms with Crippen LogP contribution < -0.4 is 0 Å². The summed E-state index contributed by atoms with van der Waals surface area (Å²) in [6.45, 7) is 5.05. The van der Waals surface area contributed by atoms with Gasteiger partial charge in [-0.2, -0.15) is 0 Å². The third-order valence-corrected chi connectivity index (χ3v) is 6.62. The van der Waals surface area contributed by atoms with Crippen LogP contribution in [0.15, 0.2) is 78.9 Å². The lowest BCUT2D eigenvalue weighted by molar-refractivity contribution is -0.132. The first kappa shape index (κ1) is 18.8. The number of aryl methyl sites for hydroxylation is 2. The lowest BCUT2D eigenvalue weighted by Crippen LogP contribution is -2.35. The van der Waals surface area contributed by atoms with E-state index in [4.69, 9.17) is 0 Å². The maximum Gasteiger partial charge on any atom is 0.235 e. The zero-order valence-corrected chi connectivity index (χ0v) is 17.2. The number of benzene rings is 3. The Morgan fingerprint density at radius 1 is 0.929 bits per heavy atom. The van der Waals surface area contributed by atoms with E-state index in [0.29, 0.717) is 0 Å². The Balaban J connectivity index is 1.72. The van der Waals surface area contributed by atoms with Gasteiger partial charge in [0.15, 0.2) is 0 Å². The highest BCUT2D eigenvalue weighted by Crippen LogP contribution is 2.42. The monoisotopic (exact) mass is 387 g/mol. The fraction of sp³-hybridized carbons (Fsp3) is 0.240. The van der Waals surface area contributed by atoms with E-state index in [9.17, 15) is 4.79 Å². The molecule has 1 heterocycles. The van der Waals surface area contributed by atoms with Crippen molar-refractivity contribution in [3.8, 4) is 0 Å². The van der Waals surface area contributed by atoms with E-state index in [-0.39, 0.29) is 17.2 Å². The van der Waals surface area contributed by atoms with E-state index < -0.39 is 0 Å². The van der Waals surface area contributed by atoms with Gasteiger partial charge in [-0.05, 0) is 36.1 Å². The van der Waals surface area contributed by atoms with Crippen LogP contribution in [0.25, 0.3) is 0 Å². The number of carbonyl (C=O) groups excluding carboxylic acids is 1. The minimum atomic E-state index is -0.269. The van der Waals surface area contributed by atoms with Crippen LogP contribution in [0.3, 0.4) is 0 Å². The first-order chi connectivity index (χ1) is 13.6. The topological polar surface area (TPSA) is 20.3 Å². The molecule has 0 bridgehead atoms. The van der Waals surface area contributed by atoms with Crippen LogP contribution in [0, 0.1) is 13.8 Å². The average Bonchev–Trinajstić information content (AvgIpc) is 3.19. The Morgan fingerprint density at radius 2 is 1.54 bits per heavy atom. The van der Waals surface area contributed by atoms with Crippen molar-refractivity contribution in [2.75, 3.05) is 12.3 Å². The predicted molar refractivity (Wildman–Crippen MR) is 118 cm³/mol. The van der Waals surface area contributed by atoms with Crippen LogP contribution >= 0.6 is 11.8 Å². The Hall–Kier alpha value is -2.52. The second-order valence-electron chi connectivity index (χ2n) is 7.37. The number of hydrogen-bond donors (Lipinski definition) is 0. The highest BCUT2D eigenvalue weighted by Gasteiger charge is 2.36. The van der Waals surface area contributed by atoms with Gasteiger partial charge in [0.2, 0.25) is 5.91 Å². The Labute approximate surface area is 171 Å². The summed E-state index contributed by atoms with van der Waals surface area (Å²) in [4.78, 5) is 15.9. The molecule has 1 unspecified atom stereocenters. The SMILES string of the molecule is Cc1ccc(C2SCCN2C(=O)C(c2ccccc2)c2ccccc2)c(C)c1. The first-order valence-electron chi connectivity index (χ1n) is 9.74. The van der Waals surface area contributed by atoms with Gasteiger partial charge in [0.05, 0.1) is 5.92 Å². The van der Waals surface area contributed by atoms with Gasteiger partial charge in [0.25, 0.3) is 0 Å². The van der Waals surface area contributed by atoms with Gasteiger partial charge < -0.3 is 4.90 Å². The van der Waals surface area contributed by atoms with Crippen molar-refractivity contribution >= 4 is 17.7 Å². The van der Waals surface area contributed by atoms with Gasteiger partial charge in [-0.1, -0.05) is 84.4 Å². The Morgan fingerprint density at radius 3 is 2.11 bits per heavy atom. The molecule has 1 amide bonds. The molecule has 0 aliphatic carbocycles. The van der Waals surface area contributed by atoms with E-state index in [1.807, 2.05) is 48.2 Å². The number of thioether (sulfide) groups is 1. The summed E-state index contributed by atoms with van der Waals surface area (Å²) in [7, 11) is 0. The van der Waals surface area contributed by atoms with E-state index in [2.05, 4.69) is 61.2 Å². The first-order valence-corrected chi connectivity index (χ1v) is 10.8. The van der Waals surface area contributed by atoms with E-state index in [0.717, 1.165) is 23.4 Å². The van der Waals surface area contributed by atoms with Crippen molar-refractivity contribution in [1.29, 1.82) is 0 Å². The van der Waals surface area contributed by atoms with Gasteiger partial charge in [-0.15, -0.1) is 11.8 Å². The molecule has 28 heavy (non-hydrogen) atoms. The molecule has 142 valence electrons. The molecule has 1 saturated heterocycles. The van der Waals surface area contributed by atoms with Crippen LogP contribution in [0.2, 0.25) is 0 Å². The smallest absolute Gasteiger partial charge is 0.235 e. The quantitative estimate of drug-likeness (QED) is 0.571. The summed E-state index contributed by atoms with van der Waals surface area (Å²) in [5.41, 5.74) is 5.87. The summed E-state index contributed by atoms with van der Waals surface area (Å²) in [6.07, 6.45) is 0. The second-order valence-corrected chi connectivity index (χ2v) is 8.56. The molecule has 1 aliphatic heterocycles. The fourth-order valence-corrected chi connectivity index (χ4v) is 5.35. The van der Waals surface area contributed by atoms with E-state index >= 15 is 0 Å². The molecule has 0 radical (unpaired) electrons. The fourth-order valence-electron chi connectivity index (χ4n) is 3.99. The standard InChI is InChI=1S/C25H25NOS/c1-18-13-14-22(19(2)17-18)25-26(15-16-28-25)24(27)23(20-9-5-3-6-10-20)21-11-7-4-8-12-21/h3-14,17,23,25H,15-16H2,1-2H3. The molecule has 3 aromatic carbocycles. The van der Waals surface area contributed by atoms with Gasteiger partial charge in [-0.3, -0.25) is 4.79 Å². The molecule has 0 aromatic heterocycles. The van der Waals surface area contributed by atoms with Gasteiger partial charge in [0.1, 0.15) is 5.37 Å². The van der Waals surface area contributed by atoms with Crippen LogP contribution in [0.4, 0.5) is 0 Å². The molecule has 2 nitrogen and oxygen atoms in total. The minimum Gasteiger partial charge on any atom is -0.325 e. The molecule has 0 spiro atoms. The molecule has 3 aromatic rings. The lowest BCUT2D eigenvalue weighted by atomic mass is 9.89. The maximum absolute atomic E-state index is 13.8. The summed E-state index contributed by atoms with van der Waals surface area (Å²) in [5, 5.41) is 0.0861. The Kier molecular flexibility index (Phi) is 5.54.